The molecule has 5 nitrogen and oxygen atoms in total. The maximum atomic E-state index is 12.2. The van der Waals surface area contributed by atoms with E-state index < -0.39 is 12.7 Å². The number of methoxy groups -OCH3 is 1. The van der Waals surface area contributed by atoms with Crippen molar-refractivity contribution in [3.05, 3.63) is 0 Å². The number of hydrogen-bond donors (Lipinski definition) is 1. The average Bonchev–Trinajstić information content (AvgIpc) is 2.77. The highest BCUT2D eigenvalue weighted by Gasteiger charge is 2.34. The minimum absolute atomic E-state index is 0.0532. The fourth-order valence-electron chi connectivity index (χ4n) is 2.09. The Kier molecular flexibility index (Phi) is 7.25. The molecule has 1 fully saturated rings. The summed E-state index contributed by atoms with van der Waals surface area (Å²) < 4.78 is 46.4. The lowest BCUT2D eigenvalue weighted by atomic mass is 10.1. The van der Waals surface area contributed by atoms with Gasteiger partial charge in [-0.15, -0.1) is 0 Å². The number of hydrogen-bond acceptors (Lipinski definition) is 4. The monoisotopic (exact) mass is 298 g/mol. The minimum Gasteiger partial charge on any atom is -0.382 e. The summed E-state index contributed by atoms with van der Waals surface area (Å²) in [7, 11) is 1.54. The standard InChI is InChI=1S/C12H21F3N2O3/c1-19-4-5-20-8-11(18)16-6-10-2-3-17(7-10)9-12(13,14)15/h10H,2-9H2,1H3,(H,16,18). The molecule has 20 heavy (non-hydrogen) atoms. The van der Waals surface area contributed by atoms with Crippen LogP contribution in [0.5, 0.6) is 0 Å². The van der Waals surface area contributed by atoms with Crippen molar-refractivity contribution in [3.8, 4) is 0 Å². The molecule has 8 heteroatoms. The minimum atomic E-state index is -4.16. The molecule has 0 radical (unpaired) electrons. The molecule has 1 unspecified atom stereocenters. The Labute approximate surface area is 116 Å². The number of nitrogens with one attached hydrogen (secondary N) is 1. The quantitative estimate of drug-likeness (QED) is 0.669. The van der Waals surface area contributed by atoms with Crippen LogP contribution >= 0.6 is 0 Å². The van der Waals surface area contributed by atoms with Crippen LogP contribution in [0.25, 0.3) is 0 Å². The first kappa shape index (κ1) is 17.2. The third-order valence-corrected chi connectivity index (χ3v) is 3.03. The van der Waals surface area contributed by atoms with E-state index in [4.69, 9.17) is 9.47 Å². The summed E-state index contributed by atoms with van der Waals surface area (Å²) in [4.78, 5) is 12.8. The van der Waals surface area contributed by atoms with Gasteiger partial charge in [-0.3, -0.25) is 9.69 Å². The molecule has 0 saturated carbocycles. The van der Waals surface area contributed by atoms with Gasteiger partial charge in [-0.25, -0.2) is 0 Å². The SMILES string of the molecule is COCCOCC(=O)NCC1CCN(CC(F)(F)F)C1. The molecule has 1 N–H and O–H groups in total. The molecule has 0 aliphatic carbocycles. The summed E-state index contributed by atoms with van der Waals surface area (Å²) in [6.45, 7) is 1.00. The molecule has 1 aliphatic rings. The van der Waals surface area contributed by atoms with E-state index in [0.717, 1.165) is 0 Å². The molecule has 1 saturated heterocycles. The summed E-state index contributed by atoms with van der Waals surface area (Å²) in [5.74, 6) is -0.185. The summed E-state index contributed by atoms with van der Waals surface area (Å²) in [5, 5.41) is 2.67. The predicted octanol–water partition coefficient (Wildman–Crippen LogP) is 0.650. The average molecular weight is 298 g/mol. The largest absolute Gasteiger partial charge is 0.401 e. The lowest BCUT2D eigenvalue weighted by molar-refractivity contribution is -0.143. The highest BCUT2D eigenvalue weighted by atomic mass is 19.4. The van der Waals surface area contributed by atoms with Crippen LogP contribution in [0.3, 0.4) is 0 Å². The summed E-state index contributed by atoms with van der Waals surface area (Å²) in [5.41, 5.74) is 0. The molecule has 0 spiro atoms. The van der Waals surface area contributed by atoms with Crippen LogP contribution in [-0.2, 0) is 14.3 Å². The van der Waals surface area contributed by atoms with Gasteiger partial charge in [0.1, 0.15) is 6.61 Å². The molecule has 1 rings (SSSR count). The van der Waals surface area contributed by atoms with E-state index in [1.165, 1.54) is 12.0 Å². The van der Waals surface area contributed by atoms with Crippen molar-refractivity contribution < 1.29 is 27.4 Å². The number of ether oxygens (including phenoxy) is 2. The lowest BCUT2D eigenvalue weighted by Gasteiger charge is -2.18. The van der Waals surface area contributed by atoms with Gasteiger partial charge in [0.05, 0.1) is 19.8 Å². The van der Waals surface area contributed by atoms with Crippen LogP contribution in [-0.4, -0.2) is 70.1 Å². The number of alkyl halides is 3. The van der Waals surface area contributed by atoms with E-state index in [2.05, 4.69) is 5.32 Å². The van der Waals surface area contributed by atoms with Crippen molar-refractivity contribution in [2.75, 3.05) is 53.1 Å². The first-order valence-electron chi connectivity index (χ1n) is 6.53. The van der Waals surface area contributed by atoms with Gasteiger partial charge in [0.2, 0.25) is 5.91 Å². The zero-order valence-corrected chi connectivity index (χ0v) is 11.5. The fraction of sp³-hybridized carbons (Fsp3) is 0.917. The van der Waals surface area contributed by atoms with Crippen LogP contribution in [0.4, 0.5) is 13.2 Å². The third kappa shape index (κ3) is 7.66. The Hall–Kier alpha value is -0.860. The van der Waals surface area contributed by atoms with E-state index in [1.807, 2.05) is 0 Å². The highest BCUT2D eigenvalue weighted by molar-refractivity contribution is 5.77. The molecule has 0 aromatic rings. The normalized spacial score (nSPS) is 20.3. The number of carbonyl (C=O) groups excluding carboxylic acids is 1. The molecule has 0 bridgehead atoms. The number of rotatable bonds is 8. The van der Waals surface area contributed by atoms with Crippen LogP contribution in [0.1, 0.15) is 6.42 Å². The number of nitrogens with zero attached hydrogens (tertiary/aromatic N) is 1. The molecule has 1 amide bonds. The Morgan fingerprint density at radius 2 is 2.15 bits per heavy atom. The van der Waals surface area contributed by atoms with Crippen molar-refractivity contribution in [3.63, 3.8) is 0 Å². The first-order valence-corrected chi connectivity index (χ1v) is 6.53. The van der Waals surface area contributed by atoms with Gasteiger partial charge in [-0.1, -0.05) is 0 Å². The van der Waals surface area contributed by atoms with E-state index in [-0.39, 0.29) is 18.4 Å². The summed E-state index contributed by atoms with van der Waals surface area (Å²) >= 11 is 0. The number of likely N-dealkylation sites (tertiary alicyclic amines) is 1. The van der Waals surface area contributed by atoms with Crippen molar-refractivity contribution >= 4 is 5.91 Å². The van der Waals surface area contributed by atoms with E-state index in [9.17, 15) is 18.0 Å². The van der Waals surface area contributed by atoms with Crippen LogP contribution < -0.4 is 5.32 Å². The van der Waals surface area contributed by atoms with E-state index >= 15 is 0 Å². The second-order valence-electron chi connectivity index (χ2n) is 4.85. The van der Waals surface area contributed by atoms with Crippen LogP contribution in [0.15, 0.2) is 0 Å². The Bertz CT molecular complexity index is 300. The zero-order valence-electron chi connectivity index (χ0n) is 11.5. The van der Waals surface area contributed by atoms with Gasteiger partial charge in [0, 0.05) is 20.2 Å². The predicted molar refractivity (Wildman–Crippen MR) is 66.3 cm³/mol. The Morgan fingerprint density at radius 1 is 1.40 bits per heavy atom. The molecule has 1 heterocycles. The Balaban J connectivity index is 2.09. The molecule has 0 aromatic carbocycles. The van der Waals surface area contributed by atoms with Crippen molar-refractivity contribution in [2.24, 2.45) is 5.92 Å². The van der Waals surface area contributed by atoms with E-state index in [0.29, 0.717) is 39.3 Å². The molecule has 1 atom stereocenters. The molecular weight excluding hydrogens is 277 g/mol. The second-order valence-corrected chi connectivity index (χ2v) is 4.85. The van der Waals surface area contributed by atoms with Crippen molar-refractivity contribution in [1.29, 1.82) is 0 Å². The van der Waals surface area contributed by atoms with Crippen LogP contribution in [0, 0.1) is 5.92 Å². The number of halogens is 3. The third-order valence-electron chi connectivity index (χ3n) is 3.03. The smallest absolute Gasteiger partial charge is 0.382 e. The van der Waals surface area contributed by atoms with Gasteiger partial charge >= 0.3 is 6.18 Å². The van der Waals surface area contributed by atoms with Gasteiger partial charge in [0.25, 0.3) is 0 Å². The maximum absolute atomic E-state index is 12.2. The Morgan fingerprint density at radius 3 is 2.80 bits per heavy atom. The van der Waals surface area contributed by atoms with E-state index in [1.54, 1.807) is 0 Å². The number of amides is 1. The molecular formula is C12H21F3N2O3. The van der Waals surface area contributed by atoms with Crippen molar-refractivity contribution in [1.82, 2.24) is 10.2 Å². The van der Waals surface area contributed by atoms with Crippen LogP contribution in [0.2, 0.25) is 0 Å². The number of carbonyl (C=O) groups is 1. The van der Waals surface area contributed by atoms with Gasteiger partial charge in [-0.2, -0.15) is 13.2 Å². The van der Waals surface area contributed by atoms with Crippen molar-refractivity contribution in [2.45, 2.75) is 12.6 Å². The topological polar surface area (TPSA) is 50.8 Å². The zero-order chi connectivity index (χ0) is 15.0. The molecule has 118 valence electrons. The fourth-order valence-corrected chi connectivity index (χ4v) is 2.09. The van der Waals surface area contributed by atoms with Gasteiger partial charge in [-0.05, 0) is 18.9 Å². The molecule has 0 aromatic heterocycles. The first-order chi connectivity index (χ1) is 9.40. The molecule has 1 aliphatic heterocycles. The second kappa shape index (κ2) is 8.43. The summed E-state index contributed by atoms with van der Waals surface area (Å²) in [6, 6.07) is 0. The summed E-state index contributed by atoms with van der Waals surface area (Å²) in [6.07, 6.45) is -3.49. The maximum Gasteiger partial charge on any atom is 0.401 e. The lowest BCUT2D eigenvalue weighted by Crippen LogP contribution is -2.35. The van der Waals surface area contributed by atoms with Gasteiger partial charge in [0.15, 0.2) is 0 Å². The highest BCUT2D eigenvalue weighted by Crippen LogP contribution is 2.22. The van der Waals surface area contributed by atoms with Gasteiger partial charge < -0.3 is 14.8 Å².